The van der Waals surface area contributed by atoms with Crippen LogP contribution in [0.3, 0.4) is 0 Å². The van der Waals surface area contributed by atoms with Gasteiger partial charge in [0, 0.05) is 12.1 Å². The van der Waals surface area contributed by atoms with Crippen molar-refractivity contribution >= 4 is 23.4 Å². The van der Waals surface area contributed by atoms with Crippen molar-refractivity contribution in [1.82, 2.24) is 14.5 Å². The molecule has 1 aliphatic rings. The summed E-state index contributed by atoms with van der Waals surface area (Å²) < 4.78 is 8.16. The Morgan fingerprint density at radius 3 is 2.95 bits per heavy atom. The molecule has 1 N–H and O–H groups in total. The number of rotatable bonds is 5. The van der Waals surface area contributed by atoms with Gasteiger partial charge >= 0.3 is 0 Å². The highest BCUT2D eigenvalue weighted by Crippen LogP contribution is 2.38. The molecule has 2 aromatic heterocycles. The lowest BCUT2D eigenvalue weighted by Gasteiger charge is -2.17. The van der Waals surface area contributed by atoms with Gasteiger partial charge in [-0.15, -0.1) is 0 Å². The summed E-state index contributed by atoms with van der Waals surface area (Å²) in [5.41, 5.74) is 1.90. The first kappa shape index (κ1) is 12.7. The molecule has 0 saturated heterocycles. The fraction of sp³-hybridized carbons (Fsp3) is 0.571. The molecule has 102 valence electrons. The van der Waals surface area contributed by atoms with Crippen molar-refractivity contribution in [2.75, 3.05) is 7.11 Å². The number of nitrogens with one attached hydrogen (secondary N) is 1. The zero-order valence-electron chi connectivity index (χ0n) is 11.3. The molecule has 0 bridgehead atoms. The summed E-state index contributed by atoms with van der Waals surface area (Å²) in [5.74, 6) is 1.51. The van der Waals surface area contributed by atoms with Crippen LogP contribution in [0.15, 0.2) is 12.1 Å². The maximum Gasteiger partial charge on any atom is 0.215 e. The van der Waals surface area contributed by atoms with E-state index in [2.05, 4.69) is 21.5 Å². The Morgan fingerprint density at radius 2 is 2.32 bits per heavy atom. The van der Waals surface area contributed by atoms with E-state index in [9.17, 15) is 0 Å². The molecule has 1 aliphatic carbocycles. The number of imidazole rings is 1. The van der Waals surface area contributed by atoms with Crippen molar-refractivity contribution in [3.63, 3.8) is 0 Å². The van der Waals surface area contributed by atoms with E-state index in [0.717, 1.165) is 28.3 Å². The van der Waals surface area contributed by atoms with Crippen LogP contribution in [0.4, 0.5) is 0 Å². The molecule has 2 aromatic rings. The molecule has 0 radical (unpaired) electrons. The Hall–Kier alpha value is -1.36. The Morgan fingerprint density at radius 1 is 1.53 bits per heavy atom. The number of ether oxygens (including phenoxy) is 1. The molecule has 4 nitrogen and oxygen atoms in total. The molecule has 0 amide bonds. The van der Waals surface area contributed by atoms with Crippen LogP contribution in [0, 0.1) is 10.7 Å². The summed E-state index contributed by atoms with van der Waals surface area (Å²) >= 11 is 5.47. The molecule has 0 spiro atoms. The maximum atomic E-state index is 5.47. The van der Waals surface area contributed by atoms with E-state index in [1.807, 2.05) is 12.1 Å². The van der Waals surface area contributed by atoms with Gasteiger partial charge in [-0.3, -0.25) is 4.57 Å². The summed E-state index contributed by atoms with van der Waals surface area (Å²) in [6.45, 7) is 2.22. The van der Waals surface area contributed by atoms with Crippen molar-refractivity contribution in [3.8, 4) is 5.88 Å². The van der Waals surface area contributed by atoms with Gasteiger partial charge in [0.2, 0.25) is 5.88 Å². The topological polar surface area (TPSA) is 42.8 Å². The number of nitrogens with zero attached hydrogens (tertiary/aromatic N) is 2. The standard InChI is InChI=1S/C14H19N3OS/c1-3-10(8-9-4-5-9)17-13-11(15-14(17)19)6-7-12(16-13)18-2/h6-7,9-10H,3-5,8H2,1-2H3,(H,15,19). The predicted octanol–water partition coefficient (Wildman–Crippen LogP) is 3.85. The summed E-state index contributed by atoms with van der Waals surface area (Å²) in [6.07, 6.45) is 5.01. The van der Waals surface area contributed by atoms with Gasteiger partial charge in [-0.1, -0.05) is 19.8 Å². The first-order valence-corrected chi connectivity index (χ1v) is 7.29. The molecular formula is C14H19N3OS. The minimum atomic E-state index is 0.438. The average Bonchev–Trinajstić information content (AvgIpc) is 3.18. The Labute approximate surface area is 117 Å². The largest absolute Gasteiger partial charge is 0.481 e. The van der Waals surface area contributed by atoms with Crippen LogP contribution in [-0.4, -0.2) is 21.6 Å². The Kier molecular flexibility index (Phi) is 3.31. The number of hydrogen-bond acceptors (Lipinski definition) is 3. The van der Waals surface area contributed by atoms with Gasteiger partial charge in [0.15, 0.2) is 10.4 Å². The SMILES string of the molecule is CCC(CC1CC1)n1c(=S)[nH]c2ccc(OC)nc21. The van der Waals surface area contributed by atoms with Gasteiger partial charge < -0.3 is 9.72 Å². The lowest BCUT2D eigenvalue weighted by Crippen LogP contribution is -2.10. The van der Waals surface area contributed by atoms with Crippen molar-refractivity contribution in [2.24, 2.45) is 5.92 Å². The fourth-order valence-electron chi connectivity index (χ4n) is 2.63. The van der Waals surface area contributed by atoms with E-state index in [0.29, 0.717) is 11.9 Å². The number of H-pyrrole nitrogens is 1. The quantitative estimate of drug-likeness (QED) is 0.844. The molecule has 0 aliphatic heterocycles. The number of pyridine rings is 1. The van der Waals surface area contributed by atoms with Gasteiger partial charge in [0.25, 0.3) is 0 Å². The molecular weight excluding hydrogens is 258 g/mol. The van der Waals surface area contributed by atoms with Crippen LogP contribution in [-0.2, 0) is 0 Å². The van der Waals surface area contributed by atoms with Crippen LogP contribution >= 0.6 is 12.2 Å². The third kappa shape index (κ3) is 2.39. The third-order valence-electron chi connectivity index (χ3n) is 3.89. The highest BCUT2D eigenvalue weighted by Gasteiger charge is 2.27. The Balaban J connectivity index is 2.08. The normalized spacial score (nSPS) is 16.7. The van der Waals surface area contributed by atoms with E-state index < -0.39 is 0 Å². The molecule has 5 heteroatoms. The van der Waals surface area contributed by atoms with Gasteiger partial charge in [-0.25, -0.2) is 0 Å². The number of fused-ring (bicyclic) bond motifs is 1. The molecule has 2 heterocycles. The molecule has 1 saturated carbocycles. The van der Waals surface area contributed by atoms with Gasteiger partial charge in [0.1, 0.15) is 0 Å². The van der Waals surface area contributed by atoms with E-state index in [1.165, 1.54) is 19.3 Å². The average molecular weight is 277 g/mol. The van der Waals surface area contributed by atoms with E-state index in [1.54, 1.807) is 7.11 Å². The number of hydrogen-bond donors (Lipinski definition) is 1. The van der Waals surface area contributed by atoms with Crippen molar-refractivity contribution < 1.29 is 4.74 Å². The summed E-state index contributed by atoms with van der Waals surface area (Å²) in [5, 5.41) is 0. The zero-order valence-corrected chi connectivity index (χ0v) is 12.2. The first-order chi connectivity index (χ1) is 9.22. The van der Waals surface area contributed by atoms with E-state index in [4.69, 9.17) is 17.0 Å². The summed E-state index contributed by atoms with van der Waals surface area (Å²) in [4.78, 5) is 7.80. The lowest BCUT2D eigenvalue weighted by molar-refractivity contribution is 0.396. The van der Waals surface area contributed by atoms with Gasteiger partial charge in [-0.2, -0.15) is 4.98 Å². The minimum Gasteiger partial charge on any atom is -0.481 e. The van der Waals surface area contributed by atoms with Crippen molar-refractivity contribution in [2.45, 2.75) is 38.6 Å². The number of aromatic nitrogens is 3. The highest BCUT2D eigenvalue weighted by atomic mass is 32.1. The van der Waals surface area contributed by atoms with Crippen LogP contribution in [0.5, 0.6) is 5.88 Å². The first-order valence-electron chi connectivity index (χ1n) is 6.88. The second kappa shape index (κ2) is 4.96. The van der Waals surface area contributed by atoms with Crippen LogP contribution in [0.25, 0.3) is 11.2 Å². The predicted molar refractivity (Wildman–Crippen MR) is 78.1 cm³/mol. The number of aromatic amines is 1. The van der Waals surface area contributed by atoms with Crippen LogP contribution in [0.2, 0.25) is 0 Å². The number of methoxy groups -OCH3 is 1. The van der Waals surface area contributed by atoms with Gasteiger partial charge in [-0.05, 0) is 37.0 Å². The lowest BCUT2D eigenvalue weighted by atomic mass is 10.1. The van der Waals surface area contributed by atoms with Gasteiger partial charge in [0.05, 0.1) is 12.6 Å². The van der Waals surface area contributed by atoms with Crippen LogP contribution in [0.1, 0.15) is 38.6 Å². The monoisotopic (exact) mass is 277 g/mol. The molecule has 3 rings (SSSR count). The van der Waals surface area contributed by atoms with Crippen molar-refractivity contribution in [3.05, 3.63) is 16.9 Å². The van der Waals surface area contributed by atoms with E-state index in [-0.39, 0.29) is 0 Å². The van der Waals surface area contributed by atoms with E-state index >= 15 is 0 Å². The maximum absolute atomic E-state index is 5.47. The second-order valence-corrected chi connectivity index (χ2v) is 5.65. The molecule has 1 unspecified atom stereocenters. The smallest absolute Gasteiger partial charge is 0.215 e. The van der Waals surface area contributed by atoms with Crippen molar-refractivity contribution in [1.29, 1.82) is 0 Å². The molecule has 19 heavy (non-hydrogen) atoms. The van der Waals surface area contributed by atoms with Crippen LogP contribution < -0.4 is 4.74 Å². The summed E-state index contributed by atoms with van der Waals surface area (Å²) in [7, 11) is 1.64. The third-order valence-corrected chi connectivity index (χ3v) is 4.18. The summed E-state index contributed by atoms with van der Waals surface area (Å²) in [6, 6.07) is 4.28. The highest BCUT2D eigenvalue weighted by molar-refractivity contribution is 7.71. The Bertz CT molecular complexity index is 642. The molecule has 1 atom stereocenters. The minimum absolute atomic E-state index is 0.438. The molecule has 0 aromatic carbocycles. The second-order valence-electron chi connectivity index (χ2n) is 5.27. The fourth-order valence-corrected chi connectivity index (χ4v) is 2.97. The zero-order chi connectivity index (χ0) is 13.4. The molecule has 1 fully saturated rings.